The van der Waals surface area contributed by atoms with Crippen molar-refractivity contribution in [1.29, 1.82) is 5.26 Å². The average Bonchev–Trinajstić information content (AvgIpc) is 2.68. The third-order valence-electron chi connectivity index (χ3n) is 3.78. The van der Waals surface area contributed by atoms with Gasteiger partial charge in [-0.1, -0.05) is 30.3 Å². The molecule has 27 heavy (non-hydrogen) atoms. The summed E-state index contributed by atoms with van der Waals surface area (Å²) in [4.78, 5) is 22.7. The fourth-order valence-corrected chi connectivity index (χ4v) is 2.32. The first-order valence-electron chi connectivity index (χ1n) is 8.01. The molecule has 8 heteroatoms. The molecule has 0 bridgehead atoms. The van der Waals surface area contributed by atoms with E-state index in [1.165, 1.54) is 31.5 Å². The van der Waals surface area contributed by atoms with Crippen molar-refractivity contribution in [3.8, 4) is 11.8 Å². The Balaban J connectivity index is 2.16. The van der Waals surface area contributed by atoms with Crippen molar-refractivity contribution in [3.63, 3.8) is 0 Å². The molecule has 2 aromatic rings. The van der Waals surface area contributed by atoms with Crippen LogP contribution in [0.2, 0.25) is 0 Å². The van der Waals surface area contributed by atoms with Gasteiger partial charge >= 0.3 is 0 Å². The minimum Gasteiger partial charge on any atom is -0.495 e. The summed E-state index contributed by atoms with van der Waals surface area (Å²) in [5, 5.41) is 25.6. The number of nitrogens with zero attached hydrogens (tertiary/aromatic N) is 2. The molecule has 0 aliphatic rings. The highest BCUT2D eigenvalue weighted by Crippen LogP contribution is 2.29. The van der Waals surface area contributed by atoms with Crippen LogP contribution in [-0.2, 0) is 4.79 Å². The van der Waals surface area contributed by atoms with E-state index < -0.39 is 10.8 Å². The van der Waals surface area contributed by atoms with Crippen LogP contribution in [0, 0.1) is 21.4 Å². The maximum Gasteiger partial charge on any atom is 0.271 e. The third-order valence-corrected chi connectivity index (χ3v) is 3.78. The molecule has 1 atom stereocenters. The lowest BCUT2D eigenvalue weighted by Gasteiger charge is -2.14. The van der Waals surface area contributed by atoms with E-state index in [1.807, 2.05) is 36.4 Å². The van der Waals surface area contributed by atoms with Crippen LogP contribution in [0.3, 0.4) is 0 Å². The molecule has 138 valence electrons. The molecule has 0 fully saturated rings. The zero-order valence-electron chi connectivity index (χ0n) is 14.8. The number of ether oxygens (including phenoxy) is 1. The zero-order valence-corrected chi connectivity index (χ0v) is 14.8. The number of hydrogen-bond acceptors (Lipinski definition) is 6. The highest BCUT2D eigenvalue weighted by molar-refractivity contribution is 5.97. The first-order valence-corrected chi connectivity index (χ1v) is 8.01. The fraction of sp³-hybridized carbons (Fsp3) is 0.158. The van der Waals surface area contributed by atoms with Crippen LogP contribution >= 0.6 is 0 Å². The topological polar surface area (TPSA) is 117 Å². The SMILES string of the molecule is COc1ccc([N+](=O)[O-])cc1N/C=C(/C#N)C(=O)NC(C)c1ccccc1. The van der Waals surface area contributed by atoms with Gasteiger partial charge in [-0.05, 0) is 18.6 Å². The highest BCUT2D eigenvalue weighted by Gasteiger charge is 2.15. The van der Waals surface area contributed by atoms with Crippen LogP contribution in [0.25, 0.3) is 0 Å². The first-order chi connectivity index (χ1) is 13.0. The molecular formula is C19H18N4O4. The maximum absolute atomic E-state index is 12.3. The average molecular weight is 366 g/mol. The number of nitriles is 1. The molecule has 0 aliphatic heterocycles. The molecule has 0 aromatic heterocycles. The van der Waals surface area contributed by atoms with E-state index >= 15 is 0 Å². The summed E-state index contributed by atoms with van der Waals surface area (Å²) in [5.41, 5.74) is 0.846. The van der Waals surface area contributed by atoms with Gasteiger partial charge in [0.25, 0.3) is 11.6 Å². The van der Waals surface area contributed by atoms with E-state index in [0.717, 1.165) is 5.56 Å². The van der Waals surface area contributed by atoms with E-state index in [-0.39, 0.29) is 23.0 Å². The Kier molecular flexibility index (Phi) is 6.49. The summed E-state index contributed by atoms with van der Waals surface area (Å²) in [6.07, 6.45) is 1.19. The van der Waals surface area contributed by atoms with Crippen molar-refractivity contribution in [3.05, 3.63) is 76.0 Å². The van der Waals surface area contributed by atoms with Crippen LogP contribution in [-0.4, -0.2) is 17.9 Å². The maximum atomic E-state index is 12.3. The largest absolute Gasteiger partial charge is 0.495 e. The lowest BCUT2D eigenvalue weighted by molar-refractivity contribution is -0.384. The van der Waals surface area contributed by atoms with E-state index in [1.54, 1.807) is 6.92 Å². The lowest BCUT2D eigenvalue weighted by Crippen LogP contribution is -2.28. The summed E-state index contributed by atoms with van der Waals surface area (Å²) in [5.74, 6) is -0.224. The number of carbonyl (C=O) groups is 1. The number of carbonyl (C=O) groups excluding carboxylic acids is 1. The van der Waals surface area contributed by atoms with Crippen molar-refractivity contribution < 1.29 is 14.5 Å². The normalized spacial score (nSPS) is 11.8. The van der Waals surface area contributed by atoms with Crippen molar-refractivity contribution >= 4 is 17.3 Å². The quantitative estimate of drug-likeness (QED) is 0.336. The van der Waals surface area contributed by atoms with E-state index in [0.29, 0.717) is 5.75 Å². The minimum atomic E-state index is -0.564. The summed E-state index contributed by atoms with van der Waals surface area (Å²) >= 11 is 0. The van der Waals surface area contributed by atoms with Gasteiger partial charge in [0.1, 0.15) is 17.4 Å². The van der Waals surface area contributed by atoms with E-state index in [2.05, 4.69) is 10.6 Å². The van der Waals surface area contributed by atoms with Gasteiger partial charge in [0, 0.05) is 18.3 Å². The van der Waals surface area contributed by atoms with Crippen LogP contribution in [0.5, 0.6) is 5.75 Å². The highest BCUT2D eigenvalue weighted by atomic mass is 16.6. The molecule has 2 N–H and O–H groups in total. The van der Waals surface area contributed by atoms with Gasteiger partial charge in [-0.25, -0.2) is 0 Å². The number of methoxy groups -OCH3 is 1. The molecule has 8 nitrogen and oxygen atoms in total. The van der Waals surface area contributed by atoms with Crippen LogP contribution in [0.15, 0.2) is 60.3 Å². The van der Waals surface area contributed by atoms with E-state index in [9.17, 15) is 20.2 Å². The molecule has 0 heterocycles. The van der Waals surface area contributed by atoms with Crippen LogP contribution < -0.4 is 15.4 Å². The van der Waals surface area contributed by atoms with Crippen LogP contribution in [0.4, 0.5) is 11.4 Å². The van der Waals surface area contributed by atoms with Gasteiger partial charge in [0.2, 0.25) is 0 Å². The number of nitro benzene ring substituents is 1. The molecular weight excluding hydrogens is 348 g/mol. The Hall–Kier alpha value is -3.86. The molecule has 0 aliphatic carbocycles. The summed E-state index contributed by atoms with van der Waals surface area (Å²) < 4.78 is 5.13. The summed E-state index contributed by atoms with van der Waals surface area (Å²) in [7, 11) is 1.41. The number of non-ortho nitro benzene ring substituents is 1. The molecule has 2 rings (SSSR count). The lowest BCUT2D eigenvalue weighted by atomic mass is 10.1. The van der Waals surface area contributed by atoms with Crippen molar-refractivity contribution in [2.75, 3.05) is 12.4 Å². The molecule has 2 aromatic carbocycles. The second-order valence-electron chi connectivity index (χ2n) is 5.56. The van der Waals surface area contributed by atoms with Gasteiger partial charge in [0.15, 0.2) is 0 Å². The molecule has 1 amide bonds. The van der Waals surface area contributed by atoms with E-state index in [4.69, 9.17) is 4.74 Å². The number of rotatable bonds is 7. The Labute approximate surface area is 156 Å². The Morgan fingerprint density at radius 1 is 1.30 bits per heavy atom. The monoisotopic (exact) mass is 366 g/mol. The summed E-state index contributed by atoms with van der Waals surface area (Å²) in [6, 6.07) is 14.8. The standard InChI is InChI=1S/C19H18N4O4/c1-13(14-6-4-3-5-7-14)22-19(24)15(11-20)12-21-17-10-16(23(25)26)8-9-18(17)27-2/h3-10,12-13,21H,1-2H3,(H,22,24)/b15-12-. The number of amides is 1. The molecule has 0 radical (unpaired) electrons. The Bertz CT molecular complexity index is 904. The van der Waals surface area contributed by atoms with Crippen molar-refractivity contribution in [2.45, 2.75) is 13.0 Å². The third kappa shape index (κ3) is 5.06. The van der Waals surface area contributed by atoms with Gasteiger partial charge in [0.05, 0.1) is 23.8 Å². The van der Waals surface area contributed by atoms with Gasteiger partial charge < -0.3 is 15.4 Å². The summed E-state index contributed by atoms with van der Waals surface area (Å²) in [6.45, 7) is 1.80. The first kappa shape index (κ1) is 19.5. The fourth-order valence-electron chi connectivity index (χ4n) is 2.32. The number of nitro groups is 1. The second-order valence-corrected chi connectivity index (χ2v) is 5.56. The number of anilines is 1. The Morgan fingerprint density at radius 2 is 2.00 bits per heavy atom. The molecule has 0 spiro atoms. The zero-order chi connectivity index (χ0) is 19.8. The van der Waals surface area contributed by atoms with Gasteiger partial charge in [-0.3, -0.25) is 14.9 Å². The number of benzene rings is 2. The molecule has 0 saturated carbocycles. The van der Waals surface area contributed by atoms with Gasteiger partial charge in [-0.2, -0.15) is 5.26 Å². The molecule has 1 unspecified atom stereocenters. The van der Waals surface area contributed by atoms with Crippen molar-refractivity contribution in [2.24, 2.45) is 0 Å². The van der Waals surface area contributed by atoms with Crippen molar-refractivity contribution in [1.82, 2.24) is 5.32 Å². The smallest absolute Gasteiger partial charge is 0.271 e. The minimum absolute atomic E-state index is 0.146. The van der Waals surface area contributed by atoms with Gasteiger partial charge in [-0.15, -0.1) is 0 Å². The van der Waals surface area contributed by atoms with Crippen LogP contribution in [0.1, 0.15) is 18.5 Å². The second kappa shape index (κ2) is 9.01. The molecule has 0 saturated heterocycles. The Morgan fingerprint density at radius 3 is 2.59 bits per heavy atom. The number of nitrogens with one attached hydrogen (secondary N) is 2. The number of hydrogen-bond donors (Lipinski definition) is 2. The predicted molar refractivity (Wildman–Crippen MR) is 100.0 cm³/mol. The predicted octanol–water partition coefficient (Wildman–Crippen LogP) is 3.30.